The van der Waals surface area contributed by atoms with Crippen molar-refractivity contribution < 1.29 is 9.16 Å². The first-order chi connectivity index (χ1) is 10.4. The topological polar surface area (TPSA) is 18.5 Å². The van der Waals surface area contributed by atoms with Gasteiger partial charge in [-0.1, -0.05) is 45.0 Å². The summed E-state index contributed by atoms with van der Waals surface area (Å²) in [5, 5.41) is 0. The number of para-hydroxylation sites is 1. The zero-order valence-corrected chi connectivity index (χ0v) is 15.0. The predicted octanol–water partition coefficient (Wildman–Crippen LogP) is 5.31. The fourth-order valence-corrected chi connectivity index (χ4v) is 3.48. The largest absolute Gasteiger partial charge is 0.542 e. The molecule has 2 aromatic rings. The molecule has 0 aliphatic carbocycles. The van der Waals surface area contributed by atoms with Gasteiger partial charge in [-0.2, -0.15) is 0 Å². The van der Waals surface area contributed by atoms with E-state index < -0.39 is 9.04 Å². The first kappa shape index (κ1) is 15.2. The lowest BCUT2D eigenvalue weighted by atomic mass is 9.84. The van der Waals surface area contributed by atoms with Gasteiger partial charge in [-0.25, -0.2) is 0 Å². The van der Waals surface area contributed by atoms with Gasteiger partial charge in [-0.15, -0.1) is 0 Å². The van der Waals surface area contributed by atoms with Crippen LogP contribution in [0.3, 0.4) is 0 Å². The Hall–Kier alpha value is -1.74. The van der Waals surface area contributed by atoms with E-state index in [9.17, 15) is 0 Å². The molecule has 0 spiro atoms. The lowest BCUT2D eigenvalue weighted by molar-refractivity contribution is 0.446. The van der Waals surface area contributed by atoms with Crippen molar-refractivity contribution in [1.29, 1.82) is 0 Å². The summed E-state index contributed by atoms with van der Waals surface area (Å²) in [6.45, 7) is 11.0. The third-order valence-corrected chi connectivity index (χ3v) is 4.50. The third kappa shape index (κ3) is 2.78. The number of hydrogen-bond donors (Lipinski definition) is 0. The molecule has 3 rings (SSSR count). The lowest BCUT2D eigenvalue weighted by Gasteiger charge is -2.29. The van der Waals surface area contributed by atoms with Gasteiger partial charge in [0.25, 0.3) is 9.04 Å². The average molecular weight is 311 g/mol. The standard InChI is InChI=1S/C19H23O2Si/c1-19(2,3)15-10-11-17-14(18(15)21-22(4)5)12-13-8-6-7-9-16(13)20-17/h6-11H,12H2,1-5H3. The average Bonchev–Trinajstić information content (AvgIpc) is 2.44. The van der Waals surface area contributed by atoms with Gasteiger partial charge in [0.05, 0.1) is 0 Å². The molecule has 1 radical (unpaired) electrons. The Kier molecular flexibility index (Phi) is 3.77. The molecule has 2 aromatic carbocycles. The van der Waals surface area contributed by atoms with E-state index >= 15 is 0 Å². The summed E-state index contributed by atoms with van der Waals surface area (Å²) < 4.78 is 12.4. The maximum atomic E-state index is 6.31. The van der Waals surface area contributed by atoms with Crippen molar-refractivity contribution in [2.24, 2.45) is 0 Å². The second-order valence-corrected chi connectivity index (χ2v) is 9.09. The van der Waals surface area contributed by atoms with Crippen LogP contribution in [-0.4, -0.2) is 9.04 Å². The van der Waals surface area contributed by atoms with Gasteiger partial charge in [0.1, 0.15) is 17.2 Å². The van der Waals surface area contributed by atoms with Crippen molar-refractivity contribution in [3.05, 3.63) is 53.1 Å². The maximum absolute atomic E-state index is 6.31. The second-order valence-electron chi connectivity index (χ2n) is 7.07. The summed E-state index contributed by atoms with van der Waals surface area (Å²) in [5.41, 5.74) is 3.74. The normalized spacial score (nSPS) is 13.4. The Balaban J connectivity index is 2.14. The van der Waals surface area contributed by atoms with Crippen molar-refractivity contribution in [2.75, 3.05) is 0 Å². The highest BCUT2D eigenvalue weighted by Gasteiger charge is 2.27. The van der Waals surface area contributed by atoms with E-state index in [-0.39, 0.29) is 5.41 Å². The van der Waals surface area contributed by atoms with E-state index in [1.807, 2.05) is 12.1 Å². The number of hydrogen-bond acceptors (Lipinski definition) is 2. The molecule has 1 heterocycles. The minimum Gasteiger partial charge on any atom is -0.542 e. The van der Waals surface area contributed by atoms with Gasteiger partial charge < -0.3 is 9.16 Å². The van der Waals surface area contributed by atoms with Gasteiger partial charge in [-0.3, -0.25) is 0 Å². The third-order valence-electron chi connectivity index (χ3n) is 3.89. The lowest BCUT2D eigenvalue weighted by Crippen LogP contribution is -2.20. The van der Waals surface area contributed by atoms with E-state index in [1.54, 1.807) is 0 Å². The van der Waals surface area contributed by atoms with Crippen molar-refractivity contribution in [3.63, 3.8) is 0 Å². The van der Waals surface area contributed by atoms with E-state index in [1.165, 1.54) is 16.7 Å². The highest BCUT2D eigenvalue weighted by molar-refractivity contribution is 6.49. The quantitative estimate of drug-likeness (QED) is 0.597. The molecule has 3 heteroatoms. The Bertz CT molecular complexity index is 699. The number of rotatable bonds is 2. The molecule has 1 aliphatic heterocycles. The van der Waals surface area contributed by atoms with Gasteiger partial charge in [0.2, 0.25) is 0 Å². The highest BCUT2D eigenvalue weighted by atomic mass is 28.3. The molecule has 1 aliphatic rings. The molecule has 0 aromatic heterocycles. The van der Waals surface area contributed by atoms with Crippen molar-refractivity contribution >= 4 is 9.04 Å². The van der Waals surface area contributed by atoms with Gasteiger partial charge in [0, 0.05) is 12.0 Å². The second kappa shape index (κ2) is 5.47. The molecule has 0 N–H and O–H groups in total. The molecule has 22 heavy (non-hydrogen) atoms. The molecular formula is C19H23O2Si. The van der Waals surface area contributed by atoms with Gasteiger partial charge in [0.15, 0.2) is 0 Å². The van der Waals surface area contributed by atoms with E-state index in [2.05, 4.69) is 58.1 Å². The van der Waals surface area contributed by atoms with Crippen LogP contribution in [-0.2, 0) is 11.8 Å². The molecule has 0 unspecified atom stereocenters. The van der Waals surface area contributed by atoms with Crippen LogP contribution in [0.5, 0.6) is 17.2 Å². The van der Waals surface area contributed by atoms with E-state index in [0.717, 1.165) is 23.7 Å². The van der Waals surface area contributed by atoms with Crippen LogP contribution in [0, 0.1) is 0 Å². The Morgan fingerprint density at radius 2 is 1.73 bits per heavy atom. The zero-order valence-electron chi connectivity index (χ0n) is 14.0. The first-order valence-electron chi connectivity index (χ1n) is 7.76. The van der Waals surface area contributed by atoms with Crippen molar-refractivity contribution in [2.45, 2.75) is 45.7 Å². The highest BCUT2D eigenvalue weighted by Crippen LogP contribution is 2.45. The zero-order chi connectivity index (χ0) is 15.9. The monoisotopic (exact) mass is 311 g/mol. The number of ether oxygens (including phenoxy) is 1. The van der Waals surface area contributed by atoms with Crippen LogP contribution in [0.4, 0.5) is 0 Å². The molecule has 0 saturated carbocycles. The van der Waals surface area contributed by atoms with Crippen LogP contribution in [0.2, 0.25) is 13.1 Å². The molecule has 2 nitrogen and oxygen atoms in total. The summed E-state index contributed by atoms with van der Waals surface area (Å²) in [5.74, 6) is 2.94. The smallest absolute Gasteiger partial charge is 0.274 e. The van der Waals surface area contributed by atoms with Gasteiger partial charge in [-0.05, 0) is 41.8 Å². The van der Waals surface area contributed by atoms with Crippen LogP contribution < -0.4 is 9.16 Å². The molecule has 115 valence electrons. The maximum Gasteiger partial charge on any atom is 0.274 e. The van der Waals surface area contributed by atoms with Crippen LogP contribution in [0.1, 0.15) is 37.5 Å². The molecular weight excluding hydrogens is 288 g/mol. The minimum absolute atomic E-state index is 0.0542. The van der Waals surface area contributed by atoms with Crippen LogP contribution in [0.25, 0.3) is 0 Å². The van der Waals surface area contributed by atoms with E-state index in [4.69, 9.17) is 9.16 Å². The predicted molar refractivity (Wildman–Crippen MR) is 92.6 cm³/mol. The summed E-state index contributed by atoms with van der Waals surface area (Å²) >= 11 is 0. The molecule has 0 atom stereocenters. The summed E-state index contributed by atoms with van der Waals surface area (Å²) in [6.07, 6.45) is 0.875. The number of benzene rings is 2. The van der Waals surface area contributed by atoms with Gasteiger partial charge >= 0.3 is 0 Å². The minimum atomic E-state index is -0.833. The number of fused-ring (bicyclic) bond motifs is 2. The Morgan fingerprint density at radius 1 is 1.00 bits per heavy atom. The Morgan fingerprint density at radius 3 is 2.41 bits per heavy atom. The molecule has 0 amide bonds. The fourth-order valence-electron chi connectivity index (χ4n) is 2.84. The summed E-state index contributed by atoms with van der Waals surface area (Å²) in [6, 6.07) is 12.5. The molecule has 0 fully saturated rings. The van der Waals surface area contributed by atoms with Crippen LogP contribution in [0.15, 0.2) is 36.4 Å². The first-order valence-corrected chi connectivity index (χ1v) is 10.2. The van der Waals surface area contributed by atoms with Crippen molar-refractivity contribution in [1.82, 2.24) is 0 Å². The fraction of sp³-hybridized carbons (Fsp3) is 0.368. The Labute approximate surface area is 134 Å². The van der Waals surface area contributed by atoms with Crippen molar-refractivity contribution in [3.8, 4) is 17.2 Å². The van der Waals surface area contributed by atoms with Crippen LogP contribution >= 0.6 is 0 Å². The molecule has 0 saturated heterocycles. The SMILES string of the molecule is C[Si](C)Oc1c(C(C)(C)C)ccc2c1Cc1ccccc1O2. The summed E-state index contributed by atoms with van der Waals surface area (Å²) in [7, 11) is -0.833. The summed E-state index contributed by atoms with van der Waals surface area (Å²) in [4.78, 5) is 0. The molecule has 0 bridgehead atoms. The van der Waals surface area contributed by atoms with E-state index in [0.29, 0.717) is 0 Å².